The van der Waals surface area contributed by atoms with Gasteiger partial charge in [-0.3, -0.25) is 4.68 Å². The second-order valence-electron chi connectivity index (χ2n) is 3.65. The summed E-state index contributed by atoms with van der Waals surface area (Å²) in [5.41, 5.74) is 6.69. The van der Waals surface area contributed by atoms with E-state index in [1.54, 1.807) is 25.0 Å². The van der Waals surface area contributed by atoms with E-state index in [0.717, 1.165) is 17.1 Å². The average molecular weight is 233 g/mol. The van der Waals surface area contributed by atoms with Gasteiger partial charge in [0.25, 0.3) is 0 Å². The van der Waals surface area contributed by atoms with E-state index in [4.69, 9.17) is 15.2 Å². The molecular weight excluding hydrogens is 218 g/mol. The van der Waals surface area contributed by atoms with E-state index < -0.39 is 0 Å². The number of aryl methyl sites for hydroxylation is 1. The third kappa shape index (κ3) is 2.50. The van der Waals surface area contributed by atoms with Crippen LogP contribution in [0.5, 0.6) is 11.5 Å². The third-order valence-electron chi connectivity index (χ3n) is 2.50. The summed E-state index contributed by atoms with van der Waals surface area (Å²) in [7, 11) is 3.42. The Morgan fingerprint density at radius 2 is 2.12 bits per heavy atom. The highest BCUT2D eigenvalue weighted by Gasteiger charge is 2.05. The lowest BCUT2D eigenvalue weighted by atomic mass is 10.3. The molecular formula is C12H15N3O2. The van der Waals surface area contributed by atoms with Crippen molar-refractivity contribution in [2.24, 2.45) is 7.05 Å². The molecule has 2 aromatic rings. The zero-order valence-corrected chi connectivity index (χ0v) is 9.88. The predicted molar refractivity (Wildman–Crippen MR) is 64.9 cm³/mol. The van der Waals surface area contributed by atoms with Crippen LogP contribution in [0.1, 0.15) is 5.56 Å². The number of anilines is 1. The Morgan fingerprint density at radius 1 is 1.35 bits per heavy atom. The van der Waals surface area contributed by atoms with Crippen molar-refractivity contribution in [3.63, 3.8) is 0 Å². The summed E-state index contributed by atoms with van der Waals surface area (Å²) in [5, 5.41) is 4.05. The lowest BCUT2D eigenvalue weighted by molar-refractivity contribution is 0.304. The molecule has 0 unspecified atom stereocenters. The molecule has 0 fully saturated rings. The highest BCUT2D eigenvalue weighted by atomic mass is 16.5. The summed E-state index contributed by atoms with van der Waals surface area (Å²) in [6, 6.07) is 7.44. The molecule has 5 heteroatoms. The molecule has 0 bridgehead atoms. The molecule has 0 aliphatic carbocycles. The van der Waals surface area contributed by atoms with Crippen LogP contribution in [0.3, 0.4) is 0 Å². The van der Waals surface area contributed by atoms with Crippen molar-refractivity contribution in [1.29, 1.82) is 0 Å². The van der Waals surface area contributed by atoms with E-state index in [1.807, 2.05) is 24.3 Å². The van der Waals surface area contributed by atoms with Crippen molar-refractivity contribution in [3.8, 4) is 11.5 Å². The van der Waals surface area contributed by atoms with Crippen LogP contribution < -0.4 is 15.2 Å². The Morgan fingerprint density at radius 3 is 2.76 bits per heavy atom. The number of benzene rings is 1. The quantitative estimate of drug-likeness (QED) is 0.871. The van der Waals surface area contributed by atoms with Gasteiger partial charge >= 0.3 is 0 Å². The zero-order valence-electron chi connectivity index (χ0n) is 9.88. The Kier molecular flexibility index (Phi) is 3.18. The van der Waals surface area contributed by atoms with Crippen LogP contribution in [0, 0.1) is 0 Å². The highest BCUT2D eigenvalue weighted by Crippen LogP contribution is 2.20. The number of hydrogen-bond donors (Lipinski definition) is 1. The van der Waals surface area contributed by atoms with E-state index in [0.29, 0.717) is 12.4 Å². The average Bonchev–Trinajstić information content (AvgIpc) is 2.68. The van der Waals surface area contributed by atoms with Gasteiger partial charge in [0.1, 0.15) is 23.9 Å². The number of rotatable bonds is 4. The summed E-state index contributed by atoms with van der Waals surface area (Å²) in [4.78, 5) is 0. The zero-order chi connectivity index (χ0) is 12.3. The first-order valence-electron chi connectivity index (χ1n) is 5.24. The largest absolute Gasteiger partial charge is 0.497 e. The van der Waals surface area contributed by atoms with Gasteiger partial charge in [-0.05, 0) is 12.1 Å². The molecule has 1 aromatic heterocycles. The first-order chi connectivity index (χ1) is 8.20. The molecule has 2 N–H and O–H groups in total. The molecule has 2 rings (SSSR count). The summed E-state index contributed by atoms with van der Waals surface area (Å²) < 4.78 is 12.3. The molecule has 0 atom stereocenters. The van der Waals surface area contributed by atoms with Crippen LogP contribution in [-0.4, -0.2) is 16.9 Å². The van der Waals surface area contributed by atoms with E-state index in [-0.39, 0.29) is 0 Å². The Bertz CT molecular complexity index is 508. The lowest BCUT2D eigenvalue weighted by Crippen LogP contribution is -2.02. The summed E-state index contributed by atoms with van der Waals surface area (Å²) in [6.45, 7) is 0.396. The molecule has 17 heavy (non-hydrogen) atoms. The van der Waals surface area contributed by atoms with Crippen molar-refractivity contribution in [3.05, 3.63) is 36.0 Å². The maximum Gasteiger partial charge on any atom is 0.127 e. The van der Waals surface area contributed by atoms with Crippen molar-refractivity contribution in [2.75, 3.05) is 12.8 Å². The molecule has 0 aliphatic rings. The lowest BCUT2D eigenvalue weighted by Gasteiger charge is -2.07. The number of aromatic nitrogens is 2. The number of ether oxygens (including phenoxy) is 2. The second kappa shape index (κ2) is 4.78. The van der Waals surface area contributed by atoms with Crippen LogP contribution in [0.25, 0.3) is 0 Å². The topological polar surface area (TPSA) is 62.3 Å². The van der Waals surface area contributed by atoms with Gasteiger partial charge in [0.15, 0.2) is 0 Å². The number of nitrogens with zero attached hydrogens (tertiary/aromatic N) is 2. The van der Waals surface area contributed by atoms with Crippen LogP contribution in [0.15, 0.2) is 30.5 Å². The Balaban J connectivity index is 2.04. The molecule has 0 spiro atoms. The fourth-order valence-corrected chi connectivity index (χ4v) is 1.46. The molecule has 0 radical (unpaired) electrons. The minimum Gasteiger partial charge on any atom is -0.497 e. The maximum absolute atomic E-state index is 5.82. The highest BCUT2D eigenvalue weighted by molar-refractivity contribution is 5.38. The van der Waals surface area contributed by atoms with Crippen LogP contribution in [0.2, 0.25) is 0 Å². The van der Waals surface area contributed by atoms with Crippen LogP contribution in [-0.2, 0) is 13.7 Å². The summed E-state index contributed by atoms with van der Waals surface area (Å²) in [5.74, 6) is 2.13. The monoisotopic (exact) mass is 233 g/mol. The number of nitrogens with two attached hydrogens (primary N) is 1. The Labute approximate surface area is 99.8 Å². The van der Waals surface area contributed by atoms with Crippen molar-refractivity contribution in [2.45, 2.75) is 6.61 Å². The summed E-state index contributed by atoms with van der Waals surface area (Å²) >= 11 is 0. The SMILES string of the molecule is COc1cccc(OCc2cnn(C)c2N)c1. The van der Waals surface area contributed by atoms with Crippen molar-refractivity contribution >= 4 is 5.82 Å². The molecule has 0 saturated heterocycles. The first kappa shape index (κ1) is 11.3. The fraction of sp³-hybridized carbons (Fsp3) is 0.250. The molecule has 0 aliphatic heterocycles. The molecule has 1 aromatic carbocycles. The molecule has 1 heterocycles. The van der Waals surface area contributed by atoms with Gasteiger partial charge in [-0.15, -0.1) is 0 Å². The van der Waals surface area contributed by atoms with Gasteiger partial charge in [0.05, 0.1) is 18.9 Å². The molecule has 0 amide bonds. The van der Waals surface area contributed by atoms with Gasteiger partial charge in [-0.2, -0.15) is 5.10 Å². The second-order valence-corrected chi connectivity index (χ2v) is 3.65. The van der Waals surface area contributed by atoms with Crippen LogP contribution in [0.4, 0.5) is 5.82 Å². The number of hydrogen-bond acceptors (Lipinski definition) is 4. The van der Waals surface area contributed by atoms with E-state index >= 15 is 0 Å². The molecule has 5 nitrogen and oxygen atoms in total. The normalized spacial score (nSPS) is 10.2. The minimum absolute atomic E-state index is 0.396. The first-order valence-corrected chi connectivity index (χ1v) is 5.24. The van der Waals surface area contributed by atoms with E-state index in [2.05, 4.69) is 5.10 Å². The Hall–Kier alpha value is -2.17. The van der Waals surface area contributed by atoms with Gasteiger partial charge in [-0.25, -0.2) is 0 Å². The van der Waals surface area contributed by atoms with E-state index in [9.17, 15) is 0 Å². The molecule has 0 saturated carbocycles. The standard InChI is InChI=1S/C12H15N3O2/c1-15-12(13)9(7-14-15)8-17-11-5-3-4-10(6-11)16-2/h3-7H,8,13H2,1-2H3. The smallest absolute Gasteiger partial charge is 0.127 e. The number of nitrogen functional groups attached to an aromatic ring is 1. The van der Waals surface area contributed by atoms with Gasteiger partial charge in [0, 0.05) is 13.1 Å². The molecule has 90 valence electrons. The van der Waals surface area contributed by atoms with Gasteiger partial charge in [0.2, 0.25) is 0 Å². The van der Waals surface area contributed by atoms with Crippen molar-refractivity contribution < 1.29 is 9.47 Å². The predicted octanol–water partition coefficient (Wildman–Crippen LogP) is 1.59. The third-order valence-corrected chi connectivity index (χ3v) is 2.50. The van der Waals surface area contributed by atoms with Crippen LogP contribution >= 0.6 is 0 Å². The van der Waals surface area contributed by atoms with Gasteiger partial charge in [-0.1, -0.05) is 6.07 Å². The minimum atomic E-state index is 0.396. The van der Waals surface area contributed by atoms with Crippen molar-refractivity contribution in [1.82, 2.24) is 9.78 Å². The van der Waals surface area contributed by atoms with Gasteiger partial charge < -0.3 is 15.2 Å². The summed E-state index contributed by atoms with van der Waals surface area (Å²) in [6.07, 6.45) is 1.70. The van der Waals surface area contributed by atoms with E-state index in [1.165, 1.54) is 0 Å². The maximum atomic E-state index is 5.82. The fourth-order valence-electron chi connectivity index (χ4n) is 1.46. The number of methoxy groups -OCH3 is 1.